The van der Waals surface area contributed by atoms with Crippen LogP contribution in [0.3, 0.4) is 0 Å². The number of nitrogens with one attached hydrogen (secondary N) is 2. The molecule has 1 saturated heterocycles. The molecule has 0 aliphatic carbocycles. The first-order valence-electron chi connectivity index (χ1n) is 9.38. The van der Waals surface area contributed by atoms with Gasteiger partial charge in [0.1, 0.15) is 6.54 Å². The van der Waals surface area contributed by atoms with Crippen molar-refractivity contribution >= 4 is 5.91 Å². The minimum atomic E-state index is -0.0393. The van der Waals surface area contributed by atoms with E-state index >= 15 is 0 Å². The van der Waals surface area contributed by atoms with E-state index in [-0.39, 0.29) is 12.5 Å². The van der Waals surface area contributed by atoms with Crippen molar-refractivity contribution in [2.75, 3.05) is 13.1 Å². The molecule has 0 spiro atoms. The molecule has 2 N–H and O–H groups in total. The third-order valence-electron chi connectivity index (χ3n) is 4.88. The van der Waals surface area contributed by atoms with E-state index in [1.165, 1.54) is 6.42 Å². The second-order valence-corrected chi connectivity index (χ2v) is 6.88. The van der Waals surface area contributed by atoms with Crippen molar-refractivity contribution in [1.82, 2.24) is 30.2 Å². The molecule has 0 saturated carbocycles. The number of amides is 1. The third-order valence-corrected chi connectivity index (χ3v) is 4.88. The molecule has 1 aromatic carbocycles. The van der Waals surface area contributed by atoms with Crippen molar-refractivity contribution < 1.29 is 4.79 Å². The molecule has 0 unspecified atom stereocenters. The van der Waals surface area contributed by atoms with Crippen LogP contribution in [0.5, 0.6) is 0 Å². The first-order chi connectivity index (χ1) is 13.3. The monoisotopic (exact) mass is 364 g/mol. The van der Waals surface area contributed by atoms with Gasteiger partial charge in [-0.1, -0.05) is 12.1 Å². The zero-order valence-electron chi connectivity index (χ0n) is 15.2. The second-order valence-electron chi connectivity index (χ2n) is 6.88. The highest BCUT2D eigenvalue weighted by molar-refractivity contribution is 5.75. The van der Waals surface area contributed by atoms with Crippen molar-refractivity contribution in [3.8, 4) is 5.69 Å². The van der Waals surface area contributed by atoms with Gasteiger partial charge in [0, 0.05) is 37.6 Å². The molecule has 2 aromatic heterocycles. The summed E-state index contributed by atoms with van der Waals surface area (Å²) in [7, 11) is 0. The maximum atomic E-state index is 12.2. The van der Waals surface area contributed by atoms with Gasteiger partial charge in [0.05, 0.1) is 11.4 Å². The summed E-state index contributed by atoms with van der Waals surface area (Å²) in [5, 5.41) is 15.1. The zero-order chi connectivity index (χ0) is 18.5. The van der Waals surface area contributed by atoms with Crippen LogP contribution in [0.25, 0.3) is 5.69 Å². The topological polar surface area (TPSA) is 76.8 Å². The van der Waals surface area contributed by atoms with E-state index in [2.05, 4.69) is 20.8 Å². The maximum absolute atomic E-state index is 12.2. The fourth-order valence-electron chi connectivity index (χ4n) is 3.38. The second kappa shape index (κ2) is 8.18. The van der Waals surface area contributed by atoms with Gasteiger partial charge >= 0.3 is 0 Å². The fourth-order valence-corrected chi connectivity index (χ4v) is 3.38. The normalized spacial score (nSPS) is 17.0. The van der Waals surface area contributed by atoms with Crippen LogP contribution in [-0.2, 0) is 17.9 Å². The predicted octanol–water partition coefficient (Wildman–Crippen LogP) is 1.85. The quantitative estimate of drug-likeness (QED) is 0.700. The molecule has 1 aliphatic rings. The van der Waals surface area contributed by atoms with Crippen LogP contribution in [0.4, 0.5) is 0 Å². The molecule has 7 nitrogen and oxygen atoms in total. The SMILES string of the molecule is O=C(Cn1ccc([C@H]2CCCNC2)n1)NCc1ccc(-n2cccn2)cc1. The number of carbonyl (C=O) groups excluding carboxylic acids is 1. The summed E-state index contributed by atoms with van der Waals surface area (Å²) in [4.78, 5) is 12.2. The van der Waals surface area contributed by atoms with E-state index in [1.54, 1.807) is 15.6 Å². The van der Waals surface area contributed by atoms with Crippen LogP contribution in [0, 0.1) is 0 Å². The van der Waals surface area contributed by atoms with Crippen molar-refractivity contribution in [2.24, 2.45) is 0 Å². The Hall–Kier alpha value is -2.93. The van der Waals surface area contributed by atoms with E-state index < -0.39 is 0 Å². The minimum absolute atomic E-state index is 0.0393. The van der Waals surface area contributed by atoms with E-state index in [4.69, 9.17) is 0 Å². The summed E-state index contributed by atoms with van der Waals surface area (Å²) in [5.74, 6) is 0.416. The summed E-state index contributed by atoms with van der Waals surface area (Å²) in [5.41, 5.74) is 3.12. The third kappa shape index (κ3) is 4.43. The molecule has 7 heteroatoms. The van der Waals surface area contributed by atoms with Gasteiger partial charge in [-0.2, -0.15) is 10.2 Å². The molecule has 1 amide bonds. The maximum Gasteiger partial charge on any atom is 0.241 e. The smallest absolute Gasteiger partial charge is 0.241 e. The van der Waals surface area contributed by atoms with Gasteiger partial charge in [0.2, 0.25) is 5.91 Å². The van der Waals surface area contributed by atoms with Crippen LogP contribution in [0.1, 0.15) is 30.0 Å². The number of aromatic nitrogens is 4. The van der Waals surface area contributed by atoms with Crippen LogP contribution in [0.2, 0.25) is 0 Å². The molecule has 3 heterocycles. The molecular weight excluding hydrogens is 340 g/mol. The summed E-state index contributed by atoms with van der Waals surface area (Å²) in [6.07, 6.45) is 7.88. The summed E-state index contributed by atoms with van der Waals surface area (Å²) in [6, 6.07) is 11.9. The number of hydrogen-bond acceptors (Lipinski definition) is 4. The van der Waals surface area contributed by atoms with E-state index in [0.29, 0.717) is 12.5 Å². The molecule has 140 valence electrons. The van der Waals surface area contributed by atoms with Crippen molar-refractivity contribution in [1.29, 1.82) is 0 Å². The molecule has 1 atom stereocenters. The lowest BCUT2D eigenvalue weighted by Crippen LogP contribution is -2.29. The minimum Gasteiger partial charge on any atom is -0.350 e. The fraction of sp³-hybridized carbons (Fsp3) is 0.350. The van der Waals surface area contributed by atoms with Gasteiger partial charge in [-0.3, -0.25) is 9.48 Å². The van der Waals surface area contributed by atoms with Gasteiger partial charge in [-0.25, -0.2) is 4.68 Å². The van der Waals surface area contributed by atoms with Crippen LogP contribution in [-0.4, -0.2) is 38.6 Å². The summed E-state index contributed by atoms with van der Waals surface area (Å²) < 4.78 is 3.53. The molecule has 27 heavy (non-hydrogen) atoms. The highest BCUT2D eigenvalue weighted by atomic mass is 16.2. The van der Waals surface area contributed by atoms with Gasteiger partial charge in [0.15, 0.2) is 0 Å². The summed E-state index contributed by atoms with van der Waals surface area (Å²) >= 11 is 0. The highest BCUT2D eigenvalue weighted by Crippen LogP contribution is 2.21. The summed E-state index contributed by atoms with van der Waals surface area (Å²) in [6.45, 7) is 2.80. The molecule has 4 rings (SSSR count). The predicted molar refractivity (Wildman–Crippen MR) is 102 cm³/mol. The number of nitrogens with zero attached hydrogens (tertiary/aromatic N) is 4. The van der Waals surface area contributed by atoms with Crippen LogP contribution in [0.15, 0.2) is 55.0 Å². The Labute approximate surface area is 158 Å². The largest absolute Gasteiger partial charge is 0.350 e. The molecule has 1 fully saturated rings. The zero-order valence-corrected chi connectivity index (χ0v) is 15.2. The molecule has 0 bridgehead atoms. The van der Waals surface area contributed by atoms with E-state index in [0.717, 1.165) is 36.5 Å². The van der Waals surface area contributed by atoms with Gasteiger partial charge in [-0.05, 0) is 49.2 Å². The first-order valence-corrected chi connectivity index (χ1v) is 9.38. The van der Waals surface area contributed by atoms with E-state index in [1.807, 2.05) is 48.8 Å². The standard InChI is InChI=1S/C20H24N6O/c27-20(15-25-12-8-19(24-25)17-3-1-9-21-14-17)22-13-16-4-6-18(7-5-16)26-11-2-10-23-26/h2,4-8,10-12,17,21H,1,3,9,13-15H2,(H,22,27)/t17-/m0/s1. The lowest BCUT2D eigenvalue weighted by atomic mass is 9.97. The molecule has 0 radical (unpaired) electrons. The van der Waals surface area contributed by atoms with Gasteiger partial charge < -0.3 is 10.6 Å². The van der Waals surface area contributed by atoms with Crippen molar-refractivity contribution in [2.45, 2.75) is 31.8 Å². The highest BCUT2D eigenvalue weighted by Gasteiger charge is 2.17. The average Bonchev–Trinajstić information content (AvgIpc) is 3.40. The Morgan fingerprint density at radius 2 is 2.11 bits per heavy atom. The van der Waals surface area contributed by atoms with Crippen molar-refractivity contribution in [3.63, 3.8) is 0 Å². The van der Waals surface area contributed by atoms with Gasteiger partial charge in [-0.15, -0.1) is 0 Å². The van der Waals surface area contributed by atoms with Gasteiger partial charge in [0.25, 0.3) is 0 Å². The Morgan fingerprint density at radius 1 is 1.22 bits per heavy atom. The first kappa shape index (κ1) is 17.5. The Kier molecular flexibility index (Phi) is 5.29. The van der Waals surface area contributed by atoms with Crippen LogP contribution >= 0.6 is 0 Å². The lowest BCUT2D eigenvalue weighted by molar-refractivity contribution is -0.122. The number of benzene rings is 1. The van der Waals surface area contributed by atoms with E-state index in [9.17, 15) is 4.79 Å². The Morgan fingerprint density at radius 3 is 2.85 bits per heavy atom. The number of carbonyl (C=O) groups is 1. The molecule has 1 aliphatic heterocycles. The Balaban J connectivity index is 1.28. The Bertz CT molecular complexity index is 862. The van der Waals surface area contributed by atoms with Crippen LogP contribution < -0.4 is 10.6 Å². The van der Waals surface area contributed by atoms with Crippen molar-refractivity contribution in [3.05, 3.63) is 66.2 Å². The number of piperidine rings is 1. The molecular formula is C20H24N6O. The average molecular weight is 364 g/mol. The lowest BCUT2D eigenvalue weighted by Gasteiger charge is -2.20. The number of rotatable bonds is 6. The number of hydrogen-bond donors (Lipinski definition) is 2. The molecule has 3 aromatic rings.